The standard InChI is InChI=1S/C26H20F2N4O3/c27-26(28)11-18(12-29)32(14-26)24(34)6-5-23(33)20-7-8-30-22-4-2-16(10-21(20)22)15-1-3-19-17(9-15)13-31-25(19)35/h1-4,7-10,18H,5-6,11,13-14H2,(H,31,35)/t18-/m0/s1. The van der Waals surface area contributed by atoms with Gasteiger partial charge in [-0.25, -0.2) is 8.78 Å². The minimum absolute atomic E-state index is 0.101. The number of benzene rings is 2. The first kappa shape index (κ1) is 22.6. The van der Waals surface area contributed by atoms with Crippen molar-refractivity contribution in [3.8, 4) is 17.2 Å². The average Bonchev–Trinajstić information content (AvgIpc) is 3.39. The maximum absolute atomic E-state index is 13.7. The minimum atomic E-state index is -3.10. The van der Waals surface area contributed by atoms with Crippen LogP contribution in [0.1, 0.15) is 45.5 Å². The number of rotatable bonds is 5. The smallest absolute Gasteiger partial charge is 0.268 e. The molecule has 1 fully saturated rings. The van der Waals surface area contributed by atoms with Crippen LogP contribution in [0.15, 0.2) is 48.7 Å². The largest absolute Gasteiger partial charge is 0.348 e. The van der Waals surface area contributed by atoms with E-state index in [0.29, 0.717) is 28.6 Å². The zero-order chi connectivity index (χ0) is 24.7. The van der Waals surface area contributed by atoms with Crippen LogP contribution in [0.2, 0.25) is 0 Å². The maximum Gasteiger partial charge on any atom is 0.268 e. The molecule has 0 saturated carbocycles. The number of amides is 2. The van der Waals surface area contributed by atoms with Crippen molar-refractivity contribution in [3.63, 3.8) is 0 Å². The van der Waals surface area contributed by atoms with Crippen molar-refractivity contribution in [3.05, 3.63) is 65.4 Å². The molecule has 0 aliphatic carbocycles. The molecule has 1 atom stereocenters. The number of hydrogen-bond donors (Lipinski definition) is 1. The molecule has 1 aromatic heterocycles. The van der Waals surface area contributed by atoms with Crippen LogP contribution in [0.5, 0.6) is 0 Å². The van der Waals surface area contributed by atoms with Gasteiger partial charge in [-0.1, -0.05) is 12.1 Å². The zero-order valence-electron chi connectivity index (χ0n) is 18.6. The third-order valence-corrected chi connectivity index (χ3v) is 6.47. The van der Waals surface area contributed by atoms with Crippen LogP contribution in [-0.2, 0) is 11.3 Å². The number of pyridine rings is 1. The second-order valence-electron chi connectivity index (χ2n) is 8.79. The number of fused-ring (bicyclic) bond motifs is 2. The molecule has 35 heavy (non-hydrogen) atoms. The van der Waals surface area contributed by atoms with Crippen molar-refractivity contribution in [2.45, 2.75) is 37.8 Å². The summed E-state index contributed by atoms with van der Waals surface area (Å²) in [7, 11) is 0. The highest BCUT2D eigenvalue weighted by atomic mass is 19.3. The molecule has 1 saturated heterocycles. The molecule has 1 N–H and O–H groups in total. The molecule has 3 aromatic rings. The highest BCUT2D eigenvalue weighted by Gasteiger charge is 2.47. The predicted octanol–water partition coefficient (Wildman–Crippen LogP) is 3.87. The molecule has 0 unspecified atom stereocenters. The Kier molecular flexibility index (Phi) is 5.52. The van der Waals surface area contributed by atoms with Crippen molar-refractivity contribution in [1.29, 1.82) is 5.26 Å². The fraction of sp³-hybridized carbons (Fsp3) is 0.269. The van der Waals surface area contributed by atoms with E-state index in [-0.39, 0.29) is 24.5 Å². The first-order valence-corrected chi connectivity index (χ1v) is 11.2. The van der Waals surface area contributed by atoms with Gasteiger partial charge in [-0.15, -0.1) is 0 Å². The van der Waals surface area contributed by atoms with Crippen molar-refractivity contribution in [2.24, 2.45) is 0 Å². The summed E-state index contributed by atoms with van der Waals surface area (Å²) >= 11 is 0. The van der Waals surface area contributed by atoms with Gasteiger partial charge in [0.15, 0.2) is 5.78 Å². The molecule has 2 aromatic carbocycles. The van der Waals surface area contributed by atoms with Gasteiger partial charge in [0.25, 0.3) is 11.8 Å². The Labute approximate surface area is 199 Å². The van der Waals surface area contributed by atoms with E-state index in [9.17, 15) is 23.2 Å². The molecule has 2 aliphatic heterocycles. The number of hydrogen-bond acceptors (Lipinski definition) is 5. The number of nitrogens with zero attached hydrogens (tertiary/aromatic N) is 3. The lowest BCUT2D eigenvalue weighted by Crippen LogP contribution is -2.36. The third kappa shape index (κ3) is 4.23. The zero-order valence-corrected chi connectivity index (χ0v) is 18.6. The number of aromatic nitrogens is 1. The van der Waals surface area contributed by atoms with Gasteiger partial charge in [0.05, 0.1) is 18.1 Å². The Morgan fingerprint density at radius 2 is 1.91 bits per heavy atom. The molecule has 2 amide bonds. The first-order valence-electron chi connectivity index (χ1n) is 11.2. The van der Waals surface area contributed by atoms with Gasteiger partial charge in [-0.05, 0) is 47.0 Å². The van der Waals surface area contributed by atoms with Crippen LogP contribution < -0.4 is 5.32 Å². The van der Waals surface area contributed by atoms with Gasteiger partial charge in [-0.2, -0.15) is 5.26 Å². The molecule has 0 spiro atoms. The first-order chi connectivity index (χ1) is 16.8. The topological polar surface area (TPSA) is 103 Å². The van der Waals surface area contributed by atoms with Crippen molar-refractivity contribution < 1.29 is 23.2 Å². The number of Topliss-reactive ketones (excluding diaryl/α,β-unsaturated/α-hetero) is 1. The van der Waals surface area contributed by atoms with Gasteiger partial charge < -0.3 is 10.2 Å². The highest BCUT2D eigenvalue weighted by Crippen LogP contribution is 2.33. The van der Waals surface area contributed by atoms with Crippen molar-refractivity contribution >= 4 is 28.5 Å². The van der Waals surface area contributed by atoms with Gasteiger partial charge in [0.2, 0.25) is 5.91 Å². The second kappa shape index (κ2) is 8.55. The van der Waals surface area contributed by atoms with Gasteiger partial charge in [-0.3, -0.25) is 19.4 Å². The van der Waals surface area contributed by atoms with Crippen LogP contribution in [0.4, 0.5) is 8.78 Å². The number of ketones is 1. The van der Waals surface area contributed by atoms with Crippen molar-refractivity contribution in [2.75, 3.05) is 6.54 Å². The normalized spacial score (nSPS) is 18.3. The summed E-state index contributed by atoms with van der Waals surface area (Å²) in [5.74, 6) is -4.15. The molecule has 176 valence electrons. The van der Waals surface area contributed by atoms with Crippen LogP contribution in [0.3, 0.4) is 0 Å². The Balaban J connectivity index is 1.38. The average molecular weight is 474 g/mol. The van der Waals surface area contributed by atoms with Crippen LogP contribution in [0, 0.1) is 11.3 Å². The molecular weight excluding hydrogens is 454 g/mol. The highest BCUT2D eigenvalue weighted by molar-refractivity contribution is 6.08. The lowest BCUT2D eigenvalue weighted by molar-refractivity contribution is -0.132. The Morgan fingerprint density at radius 1 is 1.14 bits per heavy atom. The van der Waals surface area contributed by atoms with Gasteiger partial charge >= 0.3 is 0 Å². The van der Waals surface area contributed by atoms with Crippen LogP contribution in [-0.4, -0.2) is 46.0 Å². The number of carbonyl (C=O) groups is 3. The summed E-state index contributed by atoms with van der Waals surface area (Å²) in [6, 6.07) is 13.2. The summed E-state index contributed by atoms with van der Waals surface area (Å²) in [6.45, 7) is -0.341. The van der Waals surface area contributed by atoms with E-state index in [0.717, 1.165) is 21.6 Å². The van der Waals surface area contributed by atoms with Gasteiger partial charge in [0.1, 0.15) is 6.04 Å². The molecule has 0 radical (unpaired) electrons. The van der Waals surface area contributed by atoms with E-state index in [2.05, 4.69) is 10.3 Å². The second-order valence-corrected chi connectivity index (χ2v) is 8.79. The van der Waals surface area contributed by atoms with Crippen LogP contribution >= 0.6 is 0 Å². The molecular formula is C26H20F2N4O3. The summed E-state index contributed by atoms with van der Waals surface area (Å²) in [5, 5.41) is 12.5. The van der Waals surface area contributed by atoms with Crippen molar-refractivity contribution in [1.82, 2.24) is 15.2 Å². The fourth-order valence-corrected chi connectivity index (χ4v) is 4.67. The minimum Gasteiger partial charge on any atom is -0.348 e. The summed E-state index contributed by atoms with van der Waals surface area (Å²) in [6.07, 6.45) is 0.391. The fourth-order valence-electron chi connectivity index (χ4n) is 4.67. The molecule has 5 rings (SSSR count). The number of alkyl halides is 2. The number of nitrogens with one attached hydrogen (secondary N) is 1. The van der Waals surface area contributed by atoms with Gasteiger partial charge in [0, 0.05) is 48.5 Å². The summed E-state index contributed by atoms with van der Waals surface area (Å²) < 4.78 is 27.3. The lowest BCUT2D eigenvalue weighted by atomic mass is 9.96. The lowest BCUT2D eigenvalue weighted by Gasteiger charge is -2.18. The molecule has 9 heteroatoms. The quantitative estimate of drug-likeness (QED) is 0.566. The number of nitriles is 1. The van der Waals surface area contributed by atoms with E-state index in [1.54, 1.807) is 24.3 Å². The molecule has 2 aliphatic rings. The number of carbonyl (C=O) groups excluding carboxylic acids is 3. The van der Waals surface area contributed by atoms with E-state index < -0.39 is 30.8 Å². The number of halogens is 2. The van der Waals surface area contributed by atoms with E-state index in [1.807, 2.05) is 24.3 Å². The van der Waals surface area contributed by atoms with E-state index >= 15 is 0 Å². The Hall–Kier alpha value is -4.19. The SMILES string of the molecule is N#C[C@@H]1CC(F)(F)CN1C(=O)CCC(=O)c1ccnc2ccc(-c3ccc4c(c3)CNC4=O)cc12. The maximum atomic E-state index is 13.7. The Morgan fingerprint density at radius 3 is 2.71 bits per heavy atom. The predicted molar refractivity (Wildman–Crippen MR) is 123 cm³/mol. The summed E-state index contributed by atoms with van der Waals surface area (Å²) in [5.41, 5.74) is 4.26. The van der Waals surface area contributed by atoms with E-state index in [1.165, 1.54) is 6.20 Å². The molecule has 7 nitrogen and oxygen atoms in total. The monoisotopic (exact) mass is 474 g/mol. The Bertz CT molecular complexity index is 1430. The molecule has 0 bridgehead atoms. The summed E-state index contributed by atoms with van der Waals surface area (Å²) in [4.78, 5) is 42.6. The van der Waals surface area contributed by atoms with E-state index in [4.69, 9.17) is 5.26 Å². The van der Waals surface area contributed by atoms with Crippen LogP contribution in [0.25, 0.3) is 22.0 Å². The molecule has 3 heterocycles. The number of likely N-dealkylation sites (tertiary alicyclic amines) is 1. The third-order valence-electron chi connectivity index (χ3n) is 6.47.